The second kappa shape index (κ2) is 5.80. The van der Waals surface area contributed by atoms with Crippen LogP contribution in [0.5, 0.6) is 0 Å². The smallest absolute Gasteiger partial charge is 0.264 e. The first kappa shape index (κ1) is 14.8. The molecule has 8 heteroatoms. The zero-order valence-electron chi connectivity index (χ0n) is 10.7. The molecule has 1 aromatic heterocycles. The largest absolute Gasteiger partial charge is 0.280 e. The minimum atomic E-state index is -3.89. The SMILES string of the molecule is CCCc1cc(NS(=O)(=O)c2ccc(F)cc2Cl)n[nH]1. The summed E-state index contributed by atoms with van der Waals surface area (Å²) >= 11 is 5.75. The number of nitrogens with zero attached hydrogens (tertiary/aromatic N) is 1. The van der Waals surface area contributed by atoms with E-state index in [4.69, 9.17) is 11.6 Å². The van der Waals surface area contributed by atoms with E-state index in [1.54, 1.807) is 6.07 Å². The predicted molar refractivity (Wildman–Crippen MR) is 74.8 cm³/mol. The summed E-state index contributed by atoms with van der Waals surface area (Å²) in [4.78, 5) is -0.194. The van der Waals surface area contributed by atoms with Gasteiger partial charge in [-0.15, -0.1) is 0 Å². The summed E-state index contributed by atoms with van der Waals surface area (Å²) in [6.07, 6.45) is 1.68. The summed E-state index contributed by atoms with van der Waals surface area (Å²) in [6, 6.07) is 4.70. The summed E-state index contributed by atoms with van der Waals surface area (Å²) in [5, 5.41) is 6.42. The van der Waals surface area contributed by atoms with Crippen LogP contribution >= 0.6 is 11.6 Å². The van der Waals surface area contributed by atoms with Crippen molar-refractivity contribution in [3.63, 3.8) is 0 Å². The third kappa shape index (κ3) is 3.29. The predicted octanol–water partition coefficient (Wildman–Crippen LogP) is 2.96. The van der Waals surface area contributed by atoms with Crippen LogP contribution in [0.4, 0.5) is 10.2 Å². The van der Waals surface area contributed by atoms with Crippen molar-refractivity contribution in [1.82, 2.24) is 10.2 Å². The van der Waals surface area contributed by atoms with Crippen LogP contribution in [-0.2, 0) is 16.4 Å². The molecule has 108 valence electrons. The van der Waals surface area contributed by atoms with E-state index < -0.39 is 15.8 Å². The number of aryl methyl sites for hydroxylation is 1. The molecule has 5 nitrogen and oxygen atoms in total. The van der Waals surface area contributed by atoms with Crippen molar-refractivity contribution in [3.05, 3.63) is 40.8 Å². The Labute approximate surface area is 121 Å². The number of benzene rings is 1. The monoisotopic (exact) mass is 317 g/mol. The maximum atomic E-state index is 12.9. The molecule has 0 amide bonds. The van der Waals surface area contributed by atoms with Gasteiger partial charge in [0.15, 0.2) is 5.82 Å². The molecule has 0 aliphatic heterocycles. The number of hydrogen-bond donors (Lipinski definition) is 2. The van der Waals surface area contributed by atoms with Crippen LogP contribution in [0.2, 0.25) is 5.02 Å². The van der Waals surface area contributed by atoms with Crippen molar-refractivity contribution in [2.75, 3.05) is 4.72 Å². The van der Waals surface area contributed by atoms with E-state index in [9.17, 15) is 12.8 Å². The summed E-state index contributed by atoms with van der Waals surface area (Å²) < 4.78 is 39.5. The lowest BCUT2D eigenvalue weighted by Crippen LogP contribution is -2.13. The molecule has 0 atom stereocenters. The normalized spacial score (nSPS) is 11.6. The van der Waals surface area contributed by atoms with Crippen molar-refractivity contribution >= 4 is 27.4 Å². The third-order valence-corrected chi connectivity index (χ3v) is 4.41. The van der Waals surface area contributed by atoms with Gasteiger partial charge < -0.3 is 0 Å². The Morgan fingerprint density at radius 1 is 1.40 bits per heavy atom. The number of sulfonamides is 1. The molecular weight excluding hydrogens is 305 g/mol. The lowest BCUT2D eigenvalue weighted by Gasteiger charge is -2.06. The fourth-order valence-electron chi connectivity index (χ4n) is 1.70. The minimum absolute atomic E-state index is 0.175. The Morgan fingerprint density at radius 3 is 2.80 bits per heavy atom. The van der Waals surface area contributed by atoms with Crippen LogP contribution in [-0.4, -0.2) is 18.6 Å². The number of halogens is 2. The number of anilines is 1. The van der Waals surface area contributed by atoms with Crippen molar-refractivity contribution in [2.45, 2.75) is 24.7 Å². The molecule has 0 aliphatic rings. The molecule has 2 aromatic rings. The quantitative estimate of drug-likeness (QED) is 0.890. The van der Waals surface area contributed by atoms with Gasteiger partial charge >= 0.3 is 0 Å². The van der Waals surface area contributed by atoms with E-state index in [1.165, 1.54) is 0 Å². The number of nitrogens with one attached hydrogen (secondary N) is 2. The molecular formula is C12H13ClFN3O2S. The molecule has 0 fully saturated rings. The Kier molecular flexibility index (Phi) is 4.29. The number of aromatic amines is 1. The van der Waals surface area contributed by atoms with Crippen molar-refractivity contribution < 1.29 is 12.8 Å². The lowest BCUT2D eigenvalue weighted by atomic mass is 10.2. The Balaban J connectivity index is 2.26. The van der Waals surface area contributed by atoms with Crippen molar-refractivity contribution in [3.8, 4) is 0 Å². The van der Waals surface area contributed by atoms with Gasteiger partial charge in [-0.2, -0.15) is 5.10 Å². The van der Waals surface area contributed by atoms with Crippen molar-refractivity contribution in [1.29, 1.82) is 0 Å². The lowest BCUT2D eigenvalue weighted by molar-refractivity contribution is 0.599. The second-order valence-electron chi connectivity index (χ2n) is 4.21. The highest BCUT2D eigenvalue weighted by molar-refractivity contribution is 7.92. The molecule has 2 rings (SSSR count). The highest BCUT2D eigenvalue weighted by Gasteiger charge is 2.19. The van der Waals surface area contributed by atoms with E-state index in [-0.39, 0.29) is 15.7 Å². The fourth-order valence-corrected chi connectivity index (χ4v) is 3.22. The zero-order valence-corrected chi connectivity index (χ0v) is 12.2. The first-order chi connectivity index (χ1) is 9.42. The molecule has 1 heterocycles. The maximum Gasteiger partial charge on any atom is 0.264 e. The van der Waals surface area contributed by atoms with E-state index in [0.29, 0.717) is 0 Å². The number of aromatic nitrogens is 2. The average Bonchev–Trinajstić information content (AvgIpc) is 2.75. The first-order valence-corrected chi connectivity index (χ1v) is 7.80. The highest BCUT2D eigenvalue weighted by atomic mass is 35.5. The van der Waals surface area contributed by atoms with Gasteiger partial charge in [0.05, 0.1) is 5.02 Å². The molecule has 2 N–H and O–H groups in total. The topological polar surface area (TPSA) is 74.8 Å². The van der Waals surface area contributed by atoms with E-state index >= 15 is 0 Å². The standard InChI is InChI=1S/C12H13ClFN3O2S/c1-2-3-9-7-12(16-15-9)17-20(18,19)11-5-4-8(14)6-10(11)13/h4-7H,2-3H2,1H3,(H2,15,16,17). The second-order valence-corrected chi connectivity index (χ2v) is 6.27. The fraction of sp³-hybridized carbons (Fsp3) is 0.250. The van der Waals surface area contributed by atoms with Gasteiger partial charge in [-0.3, -0.25) is 9.82 Å². The van der Waals surface area contributed by atoms with Crippen LogP contribution in [0.25, 0.3) is 0 Å². The molecule has 20 heavy (non-hydrogen) atoms. The van der Waals surface area contributed by atoms with Crippen LogP contribution in [0.1, 0.15) is 19.0 Å². The number of hydrogen-bond acceptors (Lipinski definition) is 3. The summed E-state index contributed by atoms with van der Waals surface area (Å²) in [5.41, 5.74) is 0.829. The van der Waals surface area contributed by atoms with Crippen LogP contribution < -0.4 is 4.72 Å². The van der Waals surface area contributed by atoms with Gasteiger partial charge in [0, 0.05) is 11.8 Å². The highest BCUT2D eigenvalue weighted by Crippen LogP contribution is 2.24. The average molecular weight is 318 g/mol. The van der Waals surface area contributed by atoms with Crippen LogP contribution in [0.15, 0.2) is 29.2 Å². The van der Waals surface area contributed by atoms with E-state index in [0.717, 1.165) is 36.7 Å². The van der Waals surface area contributed by atoms with Gasteiger partial charge in [0.2, 0.25) is 0 Å². The van der Waals surface area contributed by atoms with E-state index in [2.05, 4.69) is 14.9 Å². The van der Waals surface area contributed by atoms with Gasteiger partial charge in [-0.25, -0.2) is 12.8 Å². The van der Waals surface area contributed by atoms with Crippen molar-refractivity contribution in [2.24, 2.45) is 0 Å². The van der Waals surface area contributed by atoms with E-state index in [1.807, 2.05) is 6.92 Å². The Hall–Kier alpha value is -1.60. The van der Waals surface area contributed by atoms with Gasteiger partial charge in [0.1, 0.15) is 10.7 Å². The van der Waals surface area contributed by atoms with Gasteiger partial charge in [0.25, 0.3) is 10.0 Å². The Bertz CT molecular complexity index is 715. The minimum Gasteiger partial charge on any atom is -0.280 e. The molecule has 0 saturated carbocycles. The van der Waals surface area contributed by atoms with Gasteiger partial charge in [-0.05, 0) is 24.6 Å². The van der Waals surface area contributed by atoms with Crippen LogP contribution in [0.3, 0.4) is 0 Å². The Morgan fingerprint density at radius 2 is 2.15 bits per heavy atom. The molecule has 0 saturated heterocycles. The molecule has 0 spiro atoms. The number of rotatable bonds is 5. The first-order valence-electron chi connectivity index (χ1n) is 5.94. The molecule has 0 unspecified atom stereocenters. The third-order valence-electron chi connectivity index (χ3n) is 2.57. The van der Waals surface area contributed by atoms with Gasteiger partial charge in [-0.1, -0.05) is 24.9 Å². The molecule has 1 aromatic carbocycles. The zero-order chi connectivity index (χ0) is 14.8. The summed E-state index contributed by atoms with van der Waals surface area (Å²) in [5.74, 6) is -0.423. The van der Waals surface area contributed by atoms with Crippen LogP contribution in [0, 0.1) is 5.82 Å². The summed E-state index contributed by atoms with van der Waals surface area (Å²) in [7, 11) is -3.89. The maximum absolute atomic E-state index is 12.9. The molecule has 0 bridgehead atoms. The molecule has 0 aliphatic carbocycles. The summed E-state index contributed by atoms with van der Waals surface area (Å²) in [6.45, 7) is 2.00. The molecule has 0 radical (unpaired) electrons. The number of H-pyrrole nitrogens is 1.